The monoisotopic (exact) mass is 468 g/mol. The second-order valence-corrected chi connectivity index (χ2v) is 11.0. The van der Waals surface area contributed by atoms with E-state index in [9.17, 15) is 13.2 Å². The van der Waals surface area contributed by atoms with Crippen LogP contribution in [0.2, 0.25) is 0 Å². The molecule has 4 heterocycles. The van der Waals surface area contributed by atoms with E-state index in [4.69, 9.17) is 0 Å². The van der Waals surface area contributed by atoms with E-state index in [1.807, 2.05) is 18.2 Å². The van der Waals surface area contributed by atoms with Crippen molar-refractivity contribution in [2.24, 2.45) is 5.92 Å². The molecule has 9 heteroatoms. The normalized spacial score (nSPS) is 24.4. The van der Waals surface area contributed by atoms with Crippen molar-refractivity contribution in [1.29, 1.82) is 0 Å². The van der Waals surface area contributed by atoms with Crippen LogP contribution in [0.1, 0.15) is 25.0 Å². The first-order valence-corrected chi connectivity index (χ1v) is 13.0. The Morgan fingerprint density at radius 3 is 2.84 bits per heavy atom. The highest BCUT2D eigenvalue weighted by atomic mass is 32.2. The third-order valence-corrected chi connectivity index (χ3v) is 9.12. The van der Waals surface area contributed by atoms with Crippen LogP contribution in [0.15, 0.2) is 65.7 Å². The molecule has 0 radical (unpaired) electrons. The minimum atomic E-state index is -3.88. The van der Waals surface area contributed by atoms with Crippen molar-refractivity contribution in [2.45, 2.75) is 42.8 Å². The van der Waals surface area contributed by atoms with E-state index in [1.54, 1.807) is 40.9 Å². The van der Waals surface area contributed by atoms with E-state index >= 15 is 0 Å². The number of nitrogens with zero attached hydrogens (tertiary/aromatic N) is 4. The zero-order chi connectivity index (χ0) is 22.3. The van der Waals surface area contributed by atoms with Crippen molar-refractivity contribution in [2.75, 3.05) is 6.54 Å². The van der Waals surface area contributed by atoms with Crippen molar-refractivity contribution >= 4 is 37.5 Å². The summed E-state index contributed by atoms with van der Waals surface area (Å²) in [6.45, 7) is 4.77. The van der Waals surface area contributed by atoms with Gasteiger partial charge in [0, 0.05) is 24.7 Å². The SMILES string of the molecule is C=C[C@@H]1CN(Cc2ccccn2)C(=O)[C@@H]2CCC[C@H]1N2S(=O)(=O)c1ccc2ncsc2c1. The molecule has 7 nitrogen and oxygen atoms in total. The number of rotatable bonds is 5. The summed E-state index contributed by atoms with van der Waals surface area (Å²) in [5, 5.41) is 0. The van der Waals surface area contributed by atoms with E-state index in [0.717, 1.165) is 22.3 Å². The Balaban J connectivity index is 1.55. The number of amides is 1. The van der Waals surface area contributed by atoms with Crippen LogP contribution >= 0.6 is 11.3 Å². The van der Waals surface area contributed by atoms with E-state index < -0.39 is 16.1 Å². The highest BCUT2D eigenvalue weighted by molar-refractivity contribution is 7.89. The van der Waals surface area contributed by atoms with E-state index in [1.165, 1.54) is 15.6 Å². The van der Waals surface area contributed by atoms with Gasteiger partial charge in [-0.25, -0.2) is 13.4 Å². The van der Waals surface area contributed by atoms with Gasteiger partial charge in [0.2, 0.25) is 15.9 Å². The highest BCUT2D eigenvalue weighted by Crippen LogP contribution is 2.38. The molecule has 166 valence electrons. The van der Waals surface area contributed by atoms with Crippen LogP contribution in [0.4, 0.5) is 0 Å². The Hall–Kier alpha value is -2.62. The Kier molecular flexibility index (Phi) is 5.56. The van der Waals surface area contributed by atoms with Gasteiger partial charge in [0.1, 0.15) is 6.04 Å². The van der Waals surface area contributed by atoms with E-state index in [0.29, 0.717) is 25.9 Å². The van der Waals surface area contributed by atoms with Gasteiger partial charge < -0.3 is 4.90 Å². The molecule has 2 aliphatic heterocycles. The number of piperidine rings is 1. The van der Waals surface area contributed by atoms with Gasteiger partial charge in [-0.05, 0) is 49.6 Å². The maximum absolute atomic E-state index is 13.9. The van der Waals surface area contributed by atoms with Crippen LogP contribution in [0.25, 0.3) is 10.2 Å². The lowest BCUT2D eigenvalue weighted by Crippen LogP contribution is -2.54. The van der Waals surface area contributed by atoms with E-state index in [2.05, 4.69) is 16.5 Å². The molecule has 0 saturated carbocycles. The molecule has 2 bridgehead atoms. The van der Waals surface area contributed by atoms with Crippen LogP contribution in [0.5, 0.6) is 0 Å². The van der Waals surface area contributed by atoms with Crippen LogP contribution in [0, 0.1) is 5.92 Å². The fourth-order valence-corrected chi connectivity index (χ4v) is 7.53. The van der Waals surface area contributed by atoms with Crippen LogP contribution in [0.3, 0.4) is 0 Å². The fraction of sp³-hybridized carbons (Fsp3) is 0.348. The van der Waals surface area contributed by atoms with Crippen LogP contribution in [-0.4, -0.2) is 52.1 Å². The lowest BCUT2D eigenvalue weighted by molar-refractivity contribution is -0.135. The number of aromatic nitrogens is 2. The van der Waals surface area contributed by atoms with Crippen molar-refractivity contribution in [1.82, 2.24) is 19.2 Å². The van der Waals surface area contributed by atoms with Gasteiger partial charge in [-0.1, -0.05) is 12.1 Å². The van der Waals surface area contributed by atoms with Gasteiger partial charge in [-0.15, -0.1) is 17.9 Å². The van der Waals surface area contributed by atoms with Crippen molar-refractivity contribution in [3.63, 3.8) is 0 Å². The van der Waals surface area contributed by atoms with Gasteiger partial charge in [-0.3, -0.25) is 9.78 Å². The van der Waals surface area contributed by atoms with Crippen molar-refractivity contribution in [3.8, 4) is 0 Å². The predicted octanol–water partition coefficient (Wildman–Crippen LogP) is 3.45. The Labute approximate surface area is 191 Å². The van der Waals surface area contributed by atoms with Gasteiger partial charge in [0.05, 0.1) is 32.9 Å². The summed E-state index contributed by atoms with van der Waals surface area (Å²) in [6.07, 6.45) is 5.53. The third-order valence-electron chi connectivity index (χ3n) is 6.39. The zero-order valence-corrected chi connectivity index (χ0v) is 19.1. The minimum Gasteiger partial charge on any atom is -0.335 e. The first-order chi connectivity index (χ1) is 15.5. The first-order valence-electron chi connectivity index (χ1n) is 10.7. The summed E-state index contributed by atoms with van der Waals surface area (Å²) in [5.41, 5.74) is 3.26. The number of carbonyl (C=O) groups is 1. The summed E-state index contributed by atoms with van der Waals surface area (Å²) < 4.78 is 30.1. The molecule has 5 rings (SSSR count). The highest BCUT2D eigenvalue weighted by Gasteiger charge is 2.49. The molecule has 2 aromatic heterocycles. The van der Waals surface area contributed by atoms with E-state index in [-0.39, 0.29) is 22.8 Å². The van der Waals surface area contributed by atoms with Crippen LogP contribution in [-0.2, 0) is 21.4 Å². The maximum atomic E-state index is 13.9. The maximum Gasteiger partial charge on any atom is 0.244 e. The Morgan fingerprint density at radius 2 is 2.06 bits per heavy atom. The summed E-state index contributed by atoms with van der Waals surface area (Å²) in [5.74, 6) is -0.318. The molecule has 0 N–H and O–H groups in total. The summed E-state index contributed by atoms with van der Waals surface area (Å²) >= 11 is 1.40. The summed E-state index contributed by atoms with van der Waals surface area (Å²) in [7, 11) is -3.88. The number of pyridine rings is 1. The number of carbonyl (C=O) groups excluding carboxylic acids is 1. The second kappa shape index (κ2) is 8.38. The van der Waals surface area contributed by atoms with Crippen molar-refractivity contribution in [3.05, 3.63) is 66.5 Å². The standard InChI is InChI=1S/C23H24N4O3S2/c1-2-16-13-26(14-17-6-3-4-11-24-17)23(28)21-8-5-7-20(16)27(21)32(29,30)18-9-10-19-22(12-18)31-15-25-19/h2-4,6,9-12,15-16,20-21H,1,5,7-8,13-14H2/t16-,20-,21+/m1/s1. The van der Waals surface area contributed by atoms with Gasteiger partial charge in [-0.2, -0.15) is 4.31 Å². The summed E-state index contributed by atoms with van der Waals surface area (Å²) in [6, 6.07) is 9.58. The third kappa shape index (κ3) is 3.64. The molecular weight excluding hydrogens is 444 g/mol. The molecule has 32 heavy (non-hydrogen) atoms. The van der Waals surface area contributed by atoms with Crippen molar-refractivity contribution < 1.29 is 13.2 Å². The van der Waals surface area contributed by atoms with Gasteiger partial charge >= 0.3 is 0 Å². The average Bonchev–Trinajstić information content (AvgIpc) is 3.27. The predicted molar refractivity (Wildman–Crippen MR) is 123 cm³/mol. The molecule has 2 aliphatic rings. The molecule has 0 unspecified atom stereocenters. The minimum absolute atomic E-state index is 0.158. The first kappa shape index (κ1) is 21.2. The smallest absolute Gasteiger partial charge is 0.244 e. The molecule has 1 amide bonds. The Morgan fingerprint density at radius 1 is 1.19 bits per heavy atom. The van der Waals surface area contributed by atoms with Crippen LogP contribution < -0.4 is 0 Å². The number of sulfonamides is 1. The number of hydrogen-bond donors (Lipinski definition) is 0. The molecule has 3 aromatic rings. The molecule has 1 aromatic carbocycles. The number of fused-ring (bicyclic) bond motifs is 3. The fourth-order valence-electron chi connectivity index (χ4n) is 4.84. The topological polar surface area (TPSA) is 83.5 Å². The molecule has 2 fully saturated rings. The Bertz CT molecular complexity index is 1260. The zero-order valence-electron chi connectivity index (χ0n) is 17.5. The molecule has 0 spiro atoms. The quantitative estimate of drug-likeness (QED) is 0.536. The number of benzene rings is 1. The number of hydrogen-bond acceptors (Lipinski definition) is 6. The molecule has 2 saturated heterocycles. The second-order valence-electron chi connectivity index (χ2n) is 8.27. The molecule has 0 aliphatic carbocycles. The lowest BCUT2D eigenvalue weighted by Gasteiger charge is -2.40. The average molecular weight is 469 g/mol. The van der Waals surface area contributed by atoms with Gasteiger partial charge in [0.25, 0.3) is 0 Å². The number of thiazole rings is 1. The molecule has 3 atom stereocenters. The largest absolute Gasteiger partial charge is 0.335 e. The van der Waals surface area contributed by atoms with Gasteiger partial charge in [0.15, 0.2) is 0 Å². The summed E-state index contributed by atoms with van der Waals surface area (Å²) in [4.78, 5) is 24.2. The molecular formula is C23H24N4O3S2. The lowest BCUT2D eigenvalue weighted by atomic mass is 9.90.